The number of hydrogen-bond donors (Lipinski definition) is 0. The first kappa shape index (κ1) is 13.1. The van der Waals surface area contributed by atoms with Crippen LogP contribution in [-0.2, 0) is 0 Å². The van der Waals surface area contributed by atoms with Gasteiger partial charge in [-0.2, -0.15) is 0 Å². The molecule has 0 N–H and O–H groups in total. The molecule has 21 heavy (non-hydrogen) atoms. The molecule has 0 aliphatic heterocycles. The van der Waals surface area contributed by atoms with Crippen molar-refractivity contribution in [2.24, 2.45) is 0 Å². The van der Waals surface area contributed by atoms with E-state index in [2.05, 4.69) is 4.98 Å². The average Bonchev–Trinajstić information content (AvgIpc) is 2.58. The van der Waals surface area contributed by atoms with Crippen LogP contribution in [0.25, 0.3) is 0 Å². The van der Waals surface area contributed by atoms with E-state index in [1.165, 1.54) is 0 Å². The van der Waals surface area contributed by atoms with Crippen LogP contribution in [0.1, 0.15) is 10.5 Å². The van der Waals surface area contributed by atoms with Crippen LogP contribution in [0.3, 0.4) is 0 Å². The van der Waals surface area contributed by atoms with Crippen molar-refractivity contribution in [2.45, 2.75) is 0 Å². The van der Waals surface area contributed by atoms with Crippen LogP contribution >= 0.6 is 0 Å². The number of pyridine rings is 1. The highest BCUT2D eigenvalue weighted by Crippen LogP contribution is 2.26. The van der Waals surface area contributed by atoms with Crippen LogP contribution in [-0.4, -0.2) is 10.9 Å². The minimum Gasteiger partial charge on any atom is -0.276 e. The smallest absolute Gasteiger partial charge is 0.276 e. The van der Waals surface area contributed by atoms with Gasteiger partial charge in [-0.3, -0.25) is 14.7 Å². The number of aromatic nitrogens is 1. The fourth-order valence-corrected chi connectivity index (χ4v) is 2.14. The fraction of sp³-hybridized carbons (Fsp3) is 0. The van der Waals surface area contributed by atoms with E-state index in [4.69, 9.17) is 0 Å². The summed E-state index contributed by atoms with van der Waals surface area (Å²) in [5.41, 5.74) is 2.06. The van der Waals surface area contributed by atoms with E-state index < -0.39 is 0 Å². The molecule has 0 bridgehead atoms. The topological polar surface area (TPSA) is 33.2 Å². The second-order valence-electron chi connectivity index (χ2n) is 4.53. The Balaban J connectivity index is 2.07. The number of carbonyl (C=O) groups is 1. The first-order valence-electron chi connectivity index (χ1n) is 6.72. The predicted octanol–water partition coefficient (Wildman–Crippen LogP) is 4.06. The summed E-state index contributed by atoms with van der Waals surface area (Å²) in [7, 11) is 0. The van der Waals surface area contributed by atoms with Crippen molar-refractivity contribution in [3.05, 3.63) is 90.8 Å². The highest BCUT2D eigenvalue weighted by Gasteiger charge is 2.20. The molecule has 2 aromatic carbocycles. The quantitative estimate of drug-likeness (QED) is 0.721. The lowest BCUT2D eigenvalue weighted by atomic mass is 10.2. The fourth-order valence-electron chi connectivity index (χ4n) is 2.14. The molecular weight excluding hydrogens is 260 g/mol. The van der Waals surface area contributed by atoms with Crippen LogP contribution in [0.15, 0.2) is 85.1 Å². The minimum absolute atomic E-state index is 0.145. The predicted molar refractivity (Wildman–Crippen MR) is 83.6 cm³/mol. The van der Waals surface area contributed by atoms with Gasteiger partial charge in [-0.25, -0.2) is 0 Å². The summed E-state index contributed by atoms with van der Waals surface area (Å²) in [4.78, 5) is 18.6. The lowest BCUT2D eigenvalue weighted by Gasteiger charge is -2.22. The van der Waals surface area contributed by atoms with Crippen molar-refractivity contribution < 1.29 is 4.79 Å². The highest BCUT2D eigenvalue weighted by molar-refractivity contribution is 6.09. The van der Waals surface area contributed by atoms with Crippen LogP contribution < -0.4 is 4.90 Å². The maximum atomic E-state index is 12.8. The largest absolute Gasteiger partial charge is 0.281 e. The first-order chi connectivity index (χ1) is 10.4. The molecule has 0 spiro atoms. The van der Waals surface area contributed by atoms with Gasteiger partial charge in [-0.1, -0.05) is 42.5 Å². The number of anilines is 2. The monoisotopic (exact) mass is 274 g/mol. The summed E-state index contributed by atoms with van der Waals surface area (Å²) in [5.74, 6) is -0.145. The van der Waals surface area contributed by atoms with Gasteiger partial charge in [0.2, 0.25) is 0 Å². The zero-order chi connectivity index (χ0) is 14.5. The minimum atomic E-state index is -0.145. The van der Waals surface area contributed by atoms with E-state index >= 15 is 0 Å². The highest BCUT2D eigenvalue weighted by atomic mass is 16.2. The van der Waals surface area contributed by atoms with Gasteiger partial charge in [0.15, 0.2) is 0 Å². The number of rotatable bonds is 3. The van der Waals surface area contributed by atoms with E-state index in [1.807, 2.05) is 66.7 Å². The summed E-state index contributed by atoms with van der Waals surface area (Å²) in [5, 5.41) is 0. The molecule has 1 amide bonds. The zero-order valence-electron chi connectivity index (χ0n) is 11.4. The molecule has 1 heterocycles. The maximum Gasteiger partial charge on any atom is 0.281 e. The average molecular weight is 274 g/mol. The van der Waals surface area contributed by atoms with Gasteiger partial charge < -0.3 is 0 Å². The van der Waals surface area contributed by atoms with E-state index in [1.54, 1.807) is 23.2 Å². The molecular formula is C18H14N2O. The summed E-state index contributed by atoms with van der Waals surface area (Å²) in [6, 6.07) is 24.5. The third-order valence-corrected chi connectivity index (χ3v) is 3.12. The lowest BCUT2D eigenvalue weighted by molar-refractivity contribution is 0.0994. The van der Waals surface area contributed by atoms with E-state index in [0.717, 1.165) is 11.4 Å². The molecule has 0 aliphatic rings. The Morgan fingerprint density at radius 3 is 1.71 bits per heavy atom. The normalized spacial score (nSPS) is 10.1. The molecule has 0 saturated carbocycles. The number of nitrogens with zero attached hydrogens (tertiary/aromatic N) is 2. The van der Waals surface area contributed by atoms with Crippen LogP contribution in [0, 0.1) is 0 Å². The third kappa shape index (κ3) is 2.82. The van der Waals surface area contributed by atoms with Gasteiger partial charge in [-0.05, 0) is 36.4 Å². The number of amides is 1. The first-order valence-corrected chi connectivity index (χ1v) is 6.72. The second kappa shape index (κ2) is 6.01. The van der Waals surface area contributed by atoms with Crippen molar-refractivity contribution >= 4 is 17.3 Å². The summed E-state index contributed by atoms with van der Waals surface area (Å²) >= 11 is 0. The van der Waals surface area contributed by atoms with Gasteiger partial charge in [0.05, 0.1) is 0 Å². The number of benzene rings is 2. The lowest BCUT2D eigenvalue weighted by Crippen LogP contribution is -2.26. The third-order valence-electron chi connectivity index (χ3n) is 3.12. The molecule has 1 aromatic heterocycles. The van der Waals surface area contributed by atoms with Crippen LogP contribution in [0.2, 0.25) is 0 Å². The summed E-state index contributed by atoms with van der Waals surface area (Å²) in [6.45, 7) is 0. The molecule has 0 fully saturated rings. The van der Waals surface area contributed by atoms with Crippen LogP contribution in [0.5, 0.6) is 0 Å². The molecule has 3 heteroatoms. The zero-order valence-corrected chi connectivity index (χ0v) is 11.4. The van der Waals surface area contributed by atoms with E-state index in [0.29, 0.717) is 5.69 Å². The standard InChI is InChI=1S/C18H14N2O/c21-18(17-13-7-8-14-19-17)20(15-9-3-1-4-10-15)16-11-5-2-6-12-16/h1-14H. The molecule has 0 aliphatic carbocycles. The number of hydrogen-bond acceptors (Lipinski definition) is 2. The molecule has 0 atom stereocenters. The Morgan fingerprint density at radius 2 is 1.24 bits per heavy atom. The SMILES string of the molecule is O=C(c1ccccn1)N(c1ccccc1)c1ccccc1. The Kier molecular flexibility index (Phi) is 3.74. The molecule has 102 valence electrons. The maximum absolute atomic E-state index is 12.8. The molecule has 0 saturated heterocycles. The van der Waals surface area contributed by atoms with Crippen molar-refractivity contribution in [2.75, 3.05) is 4.90 Å². The summed E-state index contributed by atoms with van der Waals surface area (Å²) in [6.07, 6.45) is 1.63. The van der Waals surface area contributed by atoms with Crippen molar-refractivity contribution in [1.29, 1.82) is 0 Å². The Labute approximate surface area is 123 Å². The van der Waals surface area contributed by atoms with E-state index in [-0.39, 0.29) is 5.91 Å². The van der Waals surface area contributed by atoms with Gasteiger partial charge in [-0.15, -0.1) is 0 Å². The van der Waals surface area contributed by atoms with Gasteiger partial charge in [0, 0.05) is 17.6 Å². The molecule has 3 rings (SSSR count). The molecule has 0 unspecified atom stereocenters. The Bertz CT molecular complexity index is 672. The van der Waals surface area contributed by atoms with Crippen molar-refractivity contribution in [3.63, 3.8) is 0 Å². The Hall–Kier alpha value is -2.94. The van der Waals surface area contributed by atoms with Crippen LogP contribution in [0.4, 0.5) is 11.4 Å². The van der Waals surface area contributed by atoms with Gasteiger partial charge >= 0.3 is 0 Å². The number of carbonyl (C=O) groups excluding carboxylic acids is 1. The van der Waals surface area contributed by atoms with Crippen molar-refractivity contribution in [3.8, 4) is 0 Å². The molecule has 0 radical (unpaired) electrons. The number of para-hydroxylation sites is 2. The van der Waals surface area contributed by atoms with Crippen molar-refractivity contribution in [1.82, 2.24) is 4.98 Å². The van der Waals surface area contributed by atoms with E-state index in [9.17, 15) is 4.79 Å². The Morgan fingerprint density at radius 1 is 0.714 bits per heavy atom. The summed E-state index contributed by atoms with van der Waals surface area (Å²) < 4.78 is 0. The molecule has 3 nitrogen and oxygen atoms in total. The van der Waals surface area contributed by atoms with Gasteiger partial charge in [0.1, 0.15) is 5.69 Å². The van der Waals surface area contributed by atoms with Gasteiger partial charge in [0.25, 0.3) is 5.91 Å². The second-order valence-corrected chi connectivity index (χ2v) is 4.53. The molecule has 3 aromatic rings.